The highest BCUT2D eigenvalue weighted by atomic mass is 17.2. The van der Waals surface area contributed by atoms with Crippen molar-refractivity contribution in [1.82, 2.24) is 0 Å². The molecule has 1 N–H and O–H groups in total. The summed E-state index contributed by atoms with van der Waals surface area (Å²) in [5.74, 6) is 4.15. The largest absolute Gasteiger partial charge is 0.481 e. The molecule has 0 saturated heterocycles. The summed E-state index contributed by atoms with van der Waals surface area (Å²) < 4.78 is 0. The fraction of sp³-hybridized carbons (Fsp3) is 0.966. The average molecular weight is 463 g/mol. The summed E-state index contributed by atoms with van der Waals surface area (Å²) in [6, 6.07) is 0. The highest BCUT2D eigenvalue weighted by Gasteiger charge is 2.64. The Labute approximate surface area is 202 Å². The van der Waals surface area contributed by atoms with E-state index < -0.39 is 5.97 Å². The van der Waals surface area contributed by atoms with Crippen LogP contribution in [0.1, 0.15) is 113 Å². The second-order valence-corrected chi connectivity index (χ2v) is 14.0. The molecule has 0 aliphatic heterocycles. The van der Waals surface area contributed by atoms with Gasteiger partial charge >= 0.3 is 5.97 Å². The first-order chi connectivity index (χ1) is 15.4. The van der Waals surface area contributed by atoms with Crippen LogP contribution < -0.4 is 0 Å². The van der Waals surface area contributed by atoms with Gasteiger partial charge in [0.05, 0.1) is 11.7 Å². The summed E-state index contributed by atoms with van der Waals surface area (Å²) in [5.41, 5.74) is 0.174. The molecule has 10 atom stereocenters. The first-order valence-electron chi connectivity index (χ1n) is 13.9. The van der Waals surface area contributed by atoms with Crippen molar-refractivity contribution < 1.29 is 19.7 Å². The predicted molar refractivity (Wildman–Crippen MR) is 132 cm³/mol. The maximum atomic E-state index is 11.3. The smallest absolute Gasteiger partial charge is 0.303 e. The van der Waals surface area contributed by atoms with Crippen LogP contribution in [-0.4, -0.2) is 22.8 Å². The molecule has 0 spiro atoms. The molecule has 4 heteroatoms. The van der Waals surface area contributed by atoms with E-state index in [0.717, 1.165) is 36.5 Å². The van der Waals surface area contributed by atoms with Gasteiger partial charge in [-0.15, -0.1) is 0 Å². The lowest BCUT2D eigenvalue weighted by molar-refractivity contribution is -0.404. The van der Waals surface area contributed by atoms with Gasteiger partial charge in [0.25, 0.3) is 0 Å². The lowest BCUT2D eigenvalue weighted by Crippen LogP contribution is -2.59. The Hall–Kier alpha value is -0.610. The van der Waals surface area contributed by atoms with E-state index in [9.17, 15) is 9.90 Å². The lowest BCUT2D eigenvalue weighted by Gasteiger charge is -2.63. The lowest BCUT2D eigenvalue weighted by atomic mass is 9.43. The molecule has 0 bridgehead atoms. The molecular weight excluding hydrogens is 412 g/mol. The molecule has 4 saturated carbocycles. The minimum atomic E-state index is -0.674. The Bertz CT molecular complexity index is 713. The molecule has 4 rings (SSSR count). The van der Waals surface area contributed by atoms with E-state index in [-0.39, 0.29) is 23.5 Å². The molecule has 2 unspecified atom stereocenters. The molecule has 0 radical (unpaired) electrons. The molecule has 4 aliphatic carbocycles. The van der Waals surface area contributed by atoms with E-state index in [1.807, 2.05) is 0 Å². The molecule has 4 fully saturated rings. The van der Waals surface area contributed by atoms with E-state index in [1.165, 1.54) is 44.9 Å². The molecule has 33 heavy (non-hydrogen) atoms. The van der Waals surface area contributed by atoms with E-state index in [4.69, 9.17) is 9.78 Å². The monoisotopic (exact) mass is 462 g/mol. The van der Waals surface area contributed by atoms with Gasteiger partial charge in [0, 0.05) is 11.8 Å². The minimum Gasteiger partial charge on any atom is -0.481 e. The molecule has 190 valence electrons. The second kappa shape index (κ2) is 9.12. The first kappa shape index (κ1) is 25.5. The van der Waals surface area contributed by atoms with Crippen molar-refractivity contribution >= 4 is 5.97 Å². The zero-order valence-corrected chi connectivity index (χ0v) is 22.4. The summed E-state index contributed by atoms with van der Waals surface area (Å²) in [5, 5.41) is 9.29. The number of fused-ring (bicyclic) bond motifs is 5. The van der Waals surface area contributed by atoms with Crippen molar-refractivity contribution in [2.45, 2.75) is 124 Å². The molecule has 0 aromatic rings. The van der Waals surface area contributed by atoms with Crippen LogP contribution in [0.2, 0.25) is 0 Å². The Balaban J connectivity index is 1.64. The van der Waals surface area contributed by atoms with Crippen LogP contribution in [-0.2, 0) is 14.6 Å². The summed E-state index contributed by atoms with van der Waals surface area (Å²) in [6.45, 7) is 16.0. The summed E-state index contributed by atoms with van der Waals surface area (Å²) in [4.78, 5) is 23.8. The molecule has 0 aromatic heterocycles. The van der Waals surface area contributed by atoms with Crippen molar-refractivity contribution in [2.24, 2.45) is 52.3 Å². The third kappa shape index (κ3) is 4.65. The molecule has 0 heterocycles. The third-order valence-electron chi connectivity index (χ3n) is 11.0. The van der Waals surface area contributed by atoms with Gasteiger partial charge < -0.3 is 5.11 Å². The van der Waals surface area contributed by atoms with Crippen molar-refractivity contribution in [1.29, 1.82) is 0 Å². The molecule has 4 nitrogen and oxygen atoms in total. The zero-order chi connectivity index (χ0) is 24.2. The van der Waals surface area contributed by atoms with Crippen molar-refractivity contribution in [3.05, 3.63) is 0 Å². The van der Waals surface area contributed by atoms with Crippen LogP contribution in [0, 0.1) is 52.3 Å². The van der Waals surface area contributed by atoms with E-state index in [0.29, 0.717) is 23.2 Å². The Morgan fingerprint density at radius 2 is 1.79 bits per heavy atom. The van der Waals surface area contributed by atoms with Crippen LogP contribution in [0.5, 0.6) is 0 Å². The van der Waals surface area contributed by atoms with Crippen LogP contribution in [0.3, 0.4) is 0 Å². The highest BCUT2D eigenvalue weighted by Crippen LogP contribution is 2.69. The molecular formula is C29H50O4. The minimum absolute atomic E-state index is 0.0650. The molecule has 0 amide bonds. The number of carboxylic acids is 1. The van der Waals surface area contributed by atoms with E-state index in [1.54, 1.807) is 0 Å². The summed E-state index contributed by atoms with van der Waals surface area (Å²) in [6.07, 6.45) is 11.6. The van der Waals surface area contributed by atoms with Crippen LogP contribution in [0.15, 0.2) is 0 Å². The van der Waals surface area contributed by atoms with Crippen molar-refractivity contribution in [2.75, 3.05) is 0 Å². The number of carbonyl (C=O) groups is 1. The number of hydrogen-bond acceptors (Lipinski definition) is 3. The Morgan fingerprint density at radius 1 is 1.06 bits per heavy atom. The van der Waals surface area contributed by atoms with Gasteiger partial charge in [0.2, 0.25) is 0 Å². The summed E-state index contributed by atoms with van der Waals surface area (Å²) >= 11 is 0. The molecule has 0 aromatic carbocycles. The highest BCUT2D eigenvalue weighted by molar-refractivity contribution is 5.66. The predicted octanol–water partition coefficient (Wildman–Crippen LogP) is 7.51. The number of carboxylic acid groups (broad SMARTS) is 1. The molecule has 4 aliphatic rings. The van der Waals surface area contributed by atoms with Crippen molar-refractivity contribution in [3.8, 4) is 0 Å². The van der Waals surface area contributed by atoms with Crippen LogP contribution in [0.25, 0.3) is 0 Å². The van der Waals surface area contributed by atoms with E-state index in [2.05, 4.69) is 48.5 Å². The van der Waals surface area contributed by atoms with Crippen molar-refractivity contribution in [3.63, 3.8) is 0 Å². The standard InChI is InChI=1S/C29H50O4/c1-18-14-15-28(6)20(16-18)9-10-21-23-12-11-22(19(2)8-13-26(30)31)29(23,7)25(17-24(21)28)32-33-27(3,4)5/h18-25H,8-17H2,1-7H3,(H,30,31)/t18-,19-,20-,21+,22-,23+,24?,25?,28+,29-/m1/s1. The first-order valence-corrected chi connectivity index (χ1v) is 13.9. The van der Waals surface area contributed by atoms with Gasteiger partial charge in [-0.05, 0) is 119 Å². The van der Waals surface area contributed by atoms with Gasteiger partial charge in [0.1, 0.15) is 0 Å². The van der Waals surface area contributed by atoms with Crippen LogP contribution in [0.4, 0.5) is 0 Å². The van der Waals surface area contributed by atoms with Gasteiger partial charge in [0.15, 0.2) is 0 Å². The summed E-state index contributed by atoms with van der Waals surface area (Å²) in [7, 11) is 0. The quantitative estimate of drug-likeness (QED) is 0.328. The fourth-order valence-corrected chi connectivity index (χ4v) is 9.27. The number of aliphatic carboxylic acids is 1. The fourth-order valence-electron chi connectivity index (χ4n) is 9.27. The Morgan fingerprint density at radius 3 is 2.45 bits per heavy atom. The van der Waals surface area contributed by atoms with Gasteiger partial charge in [-0.25, -0.2) is 9.78 Å². The SMILES string of the molecule is C[C@@H]1CC[C@]2(C)C3CC(OOC(C)(C)C)[C@]4(C)[C@@H]([C@H](C)CCC(=O)O)CC[C@H]4[C@@H]3CC[C@@H]2C1. The Kier molecular flexibility index (Phi) is 7.04. The average Bonchev–Trinajstić information content (AvgIpc) is 3.08. The maximum absolute atomic E-state index is 11.3. The number of rotatable bonds is 6. The van der Waals surface area contributed by atoms with Gasteiger partial charge in [-0.2, -0.15) is 0 Å². The topological polar surface area (TPSA) is 55.8 Å². The normalized spacial score (nSPS) is 46.2. The van der Waals surface area contributed by atoms with Gasteiger partial charge in [-0.3, -0.25) is 4.79 Å². The third-order valence-corrected chi connectivity index (χ3v) is 11.0. The second-order valence-electron chi connectivity index (χ2n) is 14.0. The zero-order valence-electron chi connectivity index (χ0n) is 22.4. The van der Waals surface area contributed by atoms with Gasteiger partial charge in [-0.1, -0.05) is 34.1 Å². The van der Waals surface area contributed by atoms with Crippen LogP contribution >= 0.6 is 0 Å². The van der Waals surface area contributed by atoms with E-state index >= 15 is 0 Å². The number of hydrogen-bond donors (Lipinski definition) is 1. The maximum Gasteiger partial charge on any atom is 0.303 e.